The van der Waals surface area contributed by atoms with Gasteiger partial charge in [0.2, 0.25) is 0 Å². The molecular formula is C27H25F3O3. The molecule has 1 fully saturated rings. The van der Waals surface area contributed by atoms with Gasteiger partial charge in [-0.25, -0.2) is 4.39 Å². The van der Waals surface area contributed by atoms with Crippen LogP contribution in [0, 0.1) is 0 Å². The molecule has 1 heterocycles. The van der Waals surface area contributed by atoms with E-state index < -0.39 is 18.4 Å². The van der Waals surface area contributed by atoms with E-state index in [0.29, 0.717) is 19.8 Å². The summed E-state index contributed by atoms with van der Waals surface area (Å²) in [6.45, 7) is -0.00124. The Morgan fingerprint density at radius 2 is 1.67 bits per heavy atom. The molecule has 5 rings (SSSR count). The largest absolute Gasteiger partial charge is 0.489 e. The van der Waals surface area contributed by atoms with Crippen LogP contribution in [0.3, 0.4) is 0 Å². The number of hydrogen-bond donors (Lipinski definition) is 0. The number of alkyl halides is 3. The summed E-state index contributed by atoms with van der Waals surface area (Å²) in [6.07, 6.45) is 2.50. The second kappa shape index (κ2) is 8.84. The van der Waals surface area contributed by atoms with Gasteiger partial charge in [0.25, 0.3) is 0 Å². The molecule has 1 saturated heterocycles. The summed E-state index contributed by atoms with van der Waals surface area (Å²) < 4.78 is 57.3. The minimum atomic E-state index is -3.46. The zero-order chi connectivity index (χ0) is 22.9. The molecule has 0 radical (unpaired) electrons. The molecule has 0 saturated carbocycles. The maximum Gasteiger partial charge on any atom is 0.301 e. The molecule has 2 aliphatic rings. The third kappa shape index (κ3) is 4.63. The van der Waals surface area contributed by atoms with Crippen molar-refractivity contribution in [2.75, 3.05) is 19.9 Å². The van der Waals surface area contributed by atoms with Crippen molar-refractivity contribution in [2.24, 2.45) is 0 Å². The number of aryl methyl sites for hydroxylation is 1. The normalized spacial score (nSPS) is 17.2. The summed E-state index contributed by atoms with van der Waals surface area (Å²) in [7, 11) is 0. The summed E-state index contributed by atoms with van der Waals surface area (Å²) in [4.78, 5) is 0. The van der Waals surface area contributed by atoms with E-state index in [4.69, 9.17) is 14.2 Å². The van der Waals surface area contributed by atoms with Crippen molar-refractivity contribution in [1.82, 2.24) is 0 Å². The van der Waals surface area contributed by atoms with Crippen molar-refractivity contribution in [3.63, 3.8) is 0 Å². The first-order chi connectivity index (χ1) is 16.0. The molecule has 1 aliphatic carbocycles. The minimum Gasteiger partial charge on any atom is -0.489 e. The van der Waals surface area contributed by atoms with Gasteiger partial charge < -0.3 is 14.2 Å². The van der Waals surface area contributed by atoms with Crippen LogP contribution >= 0.6 is 0 Å². The molecule has 33 heavy (non-hydrogen) atoms. The summed E-state index contributed by atoms with van der Waals surface area (Å²) in [5, 5.41) is 0. The SMILES string of the molecule is FCC(F)(F)c1ccc(-c2cccc(COc3ccc4c(c3)CCC3(C4)OCCO3)c2)cc1. The van der Waals surface area contributed by atoms with E-state index in [9.17, 15) is 13.2 Å². The highest BCUT2D eigenvalue weighted by Crippen LogP contribution is 2.37. The number of rotatable bonds is 6. The van der Waals surface area contributed by atoms with Gasteiger partial charge in [-0.1, -0.05) is 48.5 Å². The van der Waals surface area contributed by atoms with Gasteiger partial charge in [-0.15, -0.1) is 0 Å². The smallest absolute Gasteiger partial charge is 0.301 e. The fourth-order valence-corrected chi connectivity index (χ4v) is 4.54. The molecule has 0 atom stereocenters. The molecule has 1 aliphatic heterocycles. The molecule has 0 N–H and O–H groups in total. The lowest BCUT2D eigenvalue weighted by Gasteiger charge is -2.32. The molecule has 0 unspecified atom stereocenters. The van der Waals surface area contributed by atoms with Gasteiger partial charge in [0, 0.05) is 18.4 Å². The van der Waals surface area contributed by atoms with E-state index in [0.717, 1.165) is 41.7 Å². The summed E-state index contributed by atoms with van der Waals surface area (Å²) >= 11 is 0. The lowest BCUT2D eigenvalue weighted by atomic mass is 9.87. The molecule has 3 aromatic carbocycles. The number of halogens is 3. The molecule has 3 nitrogen and oxygen atoms in total. The quantitative estimate of drug-likeness (QED) is 0.442. The fraction of sp³-hybridized carbons (Fsp3) is 0.333. The van der Waals surface area contributed by atoms with Gasteiger partial charge in [-0.2, -0.15) is 8.78 Å². The molecular weight excluding hydrogens is 429 g/mol. The molecule has 0 bridgehead atoms. The number of benzene rings is 3. The van der Waals surface area contributed by atoms with Crippen LogP contribution in [0.25, 0.3) is 11.1 Å². The van der Waals surface area contributed by atoms with Crippen LogP contribution in [0.2, 0.25) is 0 Å². The van der Waals surface area contributed by atoms with Gasteiger partial charge in [-0.3, -0.25) is 0 Å². The fourth-order valence-electron chi connectivity index (χ4n) is 4.54. The predicted octanol–water partition coefficient (Wildman–Crippen LogP) is 6.23. The highest BCUT2D eigenvalue weighted by atomic mass is 19.3. The van der Waals surface area contributed by atoms with Crippen molar-refractivity contribution >= 4 is 0 Å². The first kappa shape index (κ1) is 22.0. The van der Waals surface area contributed by atoms with E-state index >= 15 is 0 Å². The van der Waals surface area contributed by atoms with Crippen LogP contribution in [0.1, 0.15) is 28.7 Å². The topological polar surface area (TPSA) is 27.7 Å². The molecule has 0 aromatic heterocycles. The van der Waals surface area contributed by atoms with Gasteiger partial charge in [0.15, 0.2) is 12.5 Å². The Bertz CT molecular complexity index is 1120. The Morgan fingerprint density at radius 3 is 2.42 bits per heavy atom. The standard InChI is InChI=1S/C27H25F3O3/c28-18-27(29,30)24-7-4-20(5-8-24)21-3-1-2-19(14-21)17-31-25-9-6-23-16-26(32-12-13-33-26)11-10-22(23)15-25/h1-9,14-15H,10-13,16-18H2. The lowest BCUT2D eigenvalue weighted by Crippen LogP contribution is -2.36. The number of hydrogen-bond acceptors (Lipinski definition) is 3. The molecule has 0 amide bonds. The molecule has 3 aromatic rings. The van der Waals surface area contributed by atoms with Gasteiger partial charge in [0.05, 0.1) is 13.2 Å². The summed E-state index contributed by atoms with van der Waals surface area (Å²) in [5.74, 6) is -3.10. The van der Waals surface area contributed by atoms with Crippen molar-refractivity contribution < 1.29 is 27.4 Å². The Morgan fingerprint density at radius 1 is 0.879 bits per heavy atom. The third-order valence-corrected chi connectivity index (χ3v) is 6.37. The van der Waals surface area contributed by atoms with Crippen molar-refractivity contribution in [2.45, 2.75) is 37.6 Å². The van der Waals surface area contributed by atoms with E-state index in [1.54, 1.807) is 12.1 Å². The van der Waals surface area contributed by atoms with Crippen molar-refractivity contribution in [3.8, 4) is 16.9 Å². The highest BCUT2D eigenvalue weighted by Gasteiger charge is 2.39. The zero-order valence-corrected chi connectivity index (χ0v) is 18.2. The van der Waals surface area contributed by atoms with Crippen molar-refractivity contribution in [3.05, 3.63) is 89.0 Å². The zero-order valence-electron chi connectivity index (χ0n) is 18.2. The van der Waals surface area contributed by atoms with E-state index in [2.05, 4.69) is 12.1 Å². The van der Waals surface area contributed by atoms with Gasteiger partial charge in [0.1, 0.15) is 12.4 Å². The second-order valence-corrected chi connectivity index (χ2v) is 8.62. The Labute approximate surface area is 191 Å². The van der Waals surface area contributed by atoms with E-state index in [1.165, 1.54) is 23.3 Å². The van der Waals surface area contributed by atoms with E-state index in [1.807, 2.05) is 30.3 Å². The summed E-state index contributed by atoms with van der Waals surface area (Å²) in [5.41, 5.74) is 4.82. The Kier molecular flexibility index (Phi) is 5.89. The first-order valence-electron chi connectivity index (χ1n) is 11.1. The number of ether oxygens (including phenoxy) is 3. The van der Waals surface area contributed by atoms with Crippen LogP contribution in [0.5, 0.6) is 5.75 Å². The third-order valence-electron chi connectivity index (χ3n) is 6.37. The molecule has 172 valence electrons. The first-order valence-corrected chi connectivity index (χ1v) is 11.1. The predicted molar refractivity (Wildman–Crippen MR) is 119 cm³/mol. The number of fused-ring (bicyclic) bond motifs is 1. The van der Waals surface area contributed by atoms with Crippen LogP contribution in [0.4, 0.5) is 13.2 Å². The Hall–Kier alpha value is -2.83. The van der Waals surface area contributed by atoms with Gasteiger partial charge >= 0.3 is 5.92 Å². The maximum atomic E-state index is 13.5. The van der Waals surface area contributed by atoms with E-state index in [-0.39, 0.29) is 5.56 Å². The van der Waals surface area contributed by atoms with Crippen LogP contribution in [-0.2, 0) is 34.8 Å². The summed E-state index contributed by atoms with van der Waals surface area (Å²) in [6, 6.07) is 19.6. The van der Waals surface area contributed by atoms with Crippen LogP contribution in [0.15, 0.2) is 66.7 Å². The minimum absolute atomic E-state index is 0.322. The average Bonchev–Trinajstić information content (AvgIpc) is 3.30. The Balaban J connectivity index is 1.25. The second-order valence-electron chi connectivity index (χ2n) is 8.62. The van der Waals surface area contributed by atoms with Crippen LogP contribution in [-0.4, -0.2) is 25.7 Å². The van der Waals surface area contributed by atoms with Gasteiger partial charge in [-0.05, 0) is 52.4 Å². The monoisotopic (exact) mass is 454 g/mol. The average molecular weight is 454 g/mol. The molecule has 1 spiro atoms. The maximum absolute atomic E-state index is 13.5. The van der Waals surface area contributed by atoms with Crippen LogP contribution < -0.4 is 4.74 Å². The molecule has 6 heteroatoms. The highest BCUT2D eigenvalue weighted by molar-refractivity contribution is 5.64. The lowest BCUT2D eigenvalue weighted by molar-refractivity contribution is -0.163. The van der Waals surface area contributed by atoms with Crippen molar-refractivity contribution in [1.29, 1.82) is 0 Å².